The van der Waals surface area contributed by atoms with E-state index in [0.717, 1.165) is 53.8 Å². The van der Waals surface area contributed by atoms with Gasteiger partial charge in [0.15, 0.2) is 5.13 Å². The fourth-order valence-corrected chi connectivity index (χ4v) is 4.72. The molecule has 0 N–H and O–H groups in total. The van der Waals surface area contributed by atoms with Crippen LogP contribution in [0.15, 0.2) is 48.5 Å². The molecule has 0 saturated carbocycles. The van der Waals surface area contributed by atoms with Crippen LogP contribution < -0.4 is 4.90 Å². The Morgan fingerprint density at radius 1 is 1.20 bits per heavy atom. The molecule has 0 atom stereocenters. The second-order valence-corrected chi connectivity index (χ2v) is 8.59. The number of morpholine rings is 1. The van der Waals surface area contributed by atoms with Crippen LogP contribution in [0.1, 0.15) is 16.7 Å². The monoisotopic (exact) mass is 421 g/mol. The van der Waals surface area contributed by atoms with Crippen LogP contribution in [0.2, 0.25) is 0 Å². The fourth-order valence-electron chi connectivity index (χ4n) is 3.67. The largest absolute Gasteiger partial charge is 0.379 e. The Morgan fingerprint density at radius 3 is 2.73 bits per heavy atom. The van der Waals surface area contributed by atoms with Gasteiger partial charge < -0.3 is 4.74 Å². The van der Waals surface area contributed by atoms with Crippen LogP contribution in [0.5, 0.6) is 0 Å². The predicted molar refractivity (Wildman–Crippen MR) is 124 cm³/mol. The molecule has 0 bridgehead atoms. The summed E-state index contributed by atoms with van der Waals surface area (Å²) >= 11 is 1.59. The molecule has 6 heteroatoms. The lowest BCUT2D eigenvalue weighted by atomic mass is 10.1. The van der Waals surface area contributed by atoms with E-state index in [0.29, 0.717) is 6.54 Å². The lowest BCUT2D eigenvalue weighted by Gasteiger charge is -2.28. The number of amides is 1. The van der Waals surface area contributed by atoms with Crippen molar-refractivity contribution in [2.24, 2.45) is 0 Å². The van der Waals surface area contributed by atoms with Gasteiger partial charge in [0, 0.05) is 32.3 Å². The first-order valence-electron chi connectivity index (χ1n) is 10.3. The number of aryl methyl sites for hydroxylation is 2. The Morgan fingerprint density at radius 2 is 1.97 bits per heavy atom. The van der Waals surface area contributed by atoms with Gasteiger partial charge in [0.05, 0.1) is 23.4 Å². The average molecular weight is 422 g/mol. The molecule has 2 heterocycles. The first-order valence-corrected chi connectivity index (χ1v) is 11.1. The van der Waals surface area contributed by atoms with Crippen LogP contribution >= 0.6 is 11.3 Å². The zero-order valence-corrected chi connectivity index (χ0v) is 18.3. The number of nitrogens with zero attached hydrogens (tertiary/aromatic N) is 3. The Kier molecular flexibility index (Phi) is 6.57. The minimum atomic E-state index is -0.0412. The number of anilines is 1. The van der Waals surface area contributed by atoms with Gasteiger partial charge in [-0.3, -0.25) is 14.6 Å². The quantitative estimate of drug-likeness (QED) is 0.557. The minimum Gasteiger partial charge on any atom is -0.379 e. The molecule has 2 aromatic carbocycles. The summed E-state index contributed by atoms with van der Waals surface area (Å²) in [6, 6.07) is 14.2. The summed E-state index contributed by atoms with van der Waals surface area (Å²) in [7, 11) is 0. The molecule has 0 radical (unpaired) electrons. The van der Waals surface area contributed by atoms with E-state index in [4.69, 9.17) is 9.72 Å². The summed E-state index contributed by atoms with van der Waals surface area (Å²) < 4.78 is 6.59. The Bertz CT molecular complexity index is 1040. The van der Waals surface area contributed by atoms with Gasteiger partial charge in [-0.2, -0.15) is 0 Å². The van der Waals surface area contributed by atoms with Crippen LogP contribution in [0.25, 0.3) is 16.3 Å². The van der Waals surface area contributed by atoms with Crippen molar-refractivity contribution in [3.63, 3.8) is 0 Å². The third kappa shape index (κ3) is 4.95. The van der Waals surface area contributed by atoms with E-state index in [1.54, 1.807) is 17.4 Å². The van der Waals surface area contributed by atoms with Gasteiger partial charge in [-0.25, -0.2) is 4.98 Å². The molecule has 156 valence electrons. The number of rotatable bonds is 6. The molecule has 3 aromatic rings. The molecular weight excluding hydrogens is 394 g/mol. The van der Waals surface area contributed by atoms with Crippen molar-refractivity contribution in [1.29, 1.82) is 0 Å². The summed E-state index contributed by atoms with van der Waals surface area (Å²) in [6.07, 6.45) is 3.52. The van der Waals surface area contributed by atoms with Crippen LogP contribution in [-0.4, -0.2) is 55.2 Å². The van der Waals surface area contributed by atoms with E-state index in [2.05, 4.69) is 30.9 Å². The lowest BCUT2D eigenvalue weighted by molar-refractivity contribution is -0.114. The molecule has 5 nitrogen and oxygen atoms in total. The lowest BCUT2D eigenvalue weighted by Crippen LogP contribution is -2.42. The molecule has 1 fully saturated rings. The maximum atomic E-state index is 13.2. The molecule has 1 amide bonds. The zero-order valence-electron chi connectivity index (χ0n) is 17.5. The summed E-state index contributed by atoms with van der Waals surface area (Å²) in [5, 5.41) is 0.759. The highest BCUT2D eigenvalue weighted by Crippen LogP contribution is 2.32. The number of fused-ring (bicyclic) bond motifs is 1. The fraction of sp³-hybridized carbons (Fsp3) is 0.333. The van der Waals surface area contributed by atoms with Gasteiger partial charge in [0.25, 0.3) is 5.91 Å². The van der Waals surface area contributed by atoms with Gasteiger partial charge in [0.2, 0.25) is 0 Å². The Hall–Kier alpha value is -2.54. The van der Waals surface area contributed by atoms with E-state index in [-0.39, 0.29) is 5.91 Å². The van der Waals surface area contributed by atoms with E-state index in [1.165, 1.54) is 11.1 Å². The smallest absolute Gasteiger partial charge is 0.252 e. The van der Waals surface area contributed by atoms with E-state index >= 15 is 0 Å². The Balaban J connectivity index is 1.60. The number of ether oxygens (including phenoxy) is 1. The minimum absolute atomic E-state index is 0.0412. The average Bonchev–Trinajstić information content (AvgIpc) is 3.18. The number of thiazole rings is 1. The molecule has 1 aliphatic rings. The molecule has 1 saturated heterocycles. The number of carbonyl (C=O) groups excluding carboxylic acids is 1. The van der Waals surface area contributed by atoms with Crippen molar-refractivity contribution >= 4 is 38.7 Å². The van der Waals surface area contributed by atoms with Gasteiger partial charge in [-0.15, -0.1) is 0 Å². The molecule has 1 aromatic heterocycles. The second-order valence-electron chi connectivity index (χ2n) is 7.61. The van der Waals surface area contributed by atoms with E-state index in [1.807, 2.05) is 41.3 Å². The van der Waals surface area contributed by atoms with Gasteiger partial charge in [-0.05, 0) is 42.7 Å². The van der Waals surface area contributed by atoms with E-state index < -0.39 is 0 Å². The SMILES string of the molecule is Cc1cc(C)c2sc(N(CCN3CCOCC3)C(=O)/C=C/c3ccccc3)nc2c1. The summed E-state index contributed by atoms with van der Waals surface area (Å²) in [5.41, 5.74) is 4.36. The molecule has 30 heavy (non-hydrogen) atoms. The summed E-state index contributed by atoms with van der Waals surface area (Å²) in [5.74, 6) is -0.0412. The normalized spacial score (nSPS) is 15.1. The number of hydrogen-bond acceptors (Lipinski definition) is 5. The molecule has 4 rings (SSSR count). The van der Waals surface area contributed by atoms with Gasteiger partial charge in [-0.1, -0.05) is 47.7 Å². The number of hydrogen-bond donors (Lipinski definition) is 0. The van der Waals surface area contributed by atoms with Crippen LogP contribution in [-0.2, 0) is 9.53 Å². The molecule has 0 spiro atoms. The van der Waals surface area contributed by atoms with E-state index in [9.17, 15) is 4.79 Å². The van der Waals surface area contributed by atoms with Crippen molar-refractivity contribution in [2.75, 3.05) is 44.3 Å². The third-order valence-electron chi connectivity index (χ3n) is 5.27. The molecular formula is C24H27N3O2S. The molecule has 0 aliphatic carbocycles. The van der Waals surface area contributed by atoms with Crippen LogP contribution in [0.3, 0.4) is 0 Å². The van der Waals surface area contributed by atoms with Crippen molar-refractivity contribution in [3.05, 3.63) is 65.2 Å². The summed E-state index contributed by atoms with van der Waals surface area (Å²) in [6.45, 7) is 8.91. The summed E-state index contributed by atoms with van der Waals surface area (Å²) in [4.78, 5) is 22.2. The Labute approximate surface area is 181 Å². The van der Waals surface area contributed by atoms with Crippen molar-refractivity contribution < 1.29 is 9.53 Å². The number of aromatic nitrogens is 1. The predicted octanol–water partition coefficient (Wildman–Crippen LogP) is 4.29. The van der Waals surface area contributed by atoms with Crippen molar-refractivity contribution in [1.82, 2.24) is 9.88 Å². The number of benzene rings is 2. The highest BCUT2D eigenvalue weighted by Gasteiger charge is 2.20. The second kappa shape index (κ2) is 9.51. The van der Waals surface area contributed by atoms with Gasteiger partial charge >= 0.3 is 0 Å². The standard InChI is InChI=1S/C24H27N3O2S/c1-18-16-19(2)23-21(17-18)25-24(30-23)27(11-10-26-12-14-29-15-13-26)22(28)9-8-20-6-4-3-5-7-20/h3-9,16-17H,10-15H2,1-2H3/b9-8+. The van der Waals surface area contributed by atoms with Crippen molar-refractivity contribution in [3.8, 4) is 0 Å². The third-order valence-corrected chi connectivity index (χ3v) is 6.50. The van der Waals surface area contributed by atoms with Crippen LogP contribution in [0.4, 0.5) is 5.13 Å². The first-order chi connectivity index (χ1) is 14.6. The van der Waals surface area contributed by atoms with Gasteiger partial charge in [0.1, 0.15) is 0 Å². The highest BCUT2D eigenvalue weighted by atomic mass is 32.1. The topological polar surface area (TPSA) is 45.7 Å². The zero-order chi connectivity index (χ0) is 20.9. The maximum Gasteiger partial charge on any atom is 0.252 e. The number of carbonyl (C=O) groups is 1. The molecule has 1 aliphatic heterocycles. The first kappa shape index (κ1) is 20.7. The van der Waals surface area contributed by atoms with Crippen LogP contribution in [0, 0.1) is 13.8 Å². The van der Waals surface area contributed by atoms with Crippen molar-refractivity contribution in [2.45, 2.75) is 13.8 Å². The highest BCUT2D eigenvalue weighted by molar-refractivity contribution is 7.22. The maximum absolute atomic E-state index is 13.2. The molecule has 0 unspecified atom stereocenters.